The molecule has 6 heteroatoms. The van der Waals surface area contributed by atoms with E-state index in [0.717, 1.165) is 16.6 Å². The Bertz CT molecular complexity index is 768. The van der Waals surface area contributed by atoms with Gasteiger partial charge in [0.2, 0.25) is 5.88 Å². The molecular weight excluding hydrogens is 268 g/mol. The van der Waals surface area contributed by atoms with Crippen molar-refractivity contribution < 1.29 is 9.47 Å². The second-order valence-electron chi connectivity index (χ2n) is 4.62. The van der Waals surface area contributed by atoms with Crippen LogP contribution < -0.4 is 15.2 Å². The van der Waals surface area contributed by atoms with E-state index in [-0.39, 0.29) is 6.01 Å². The summed E-state index contributed by atoms with van der Waals surface area (Å²) in [6.45, 7) is 0. The van der Waals surface area contributed by atoms with Crippen LogP contribution in [-0.2, 0) is 6.42 Å². The summed E-state index contributed by atoms with van der Waals surface area (Å²) in [6.07, 6.45) is 0.677. The van der Waals surface area contributed by atoms with E-state index < -0.39 is 0 Å². The van der Waals surface area contributed by atoms with Crippen LogP contribution in [0.5, 0.6) is 11.9 Å². The van der Waals surface area contributed by atoms with Crippen LogP contribution in [0.3, 0.4) is 0 Å². The van der Waals surface area contributed by atoms with Crippen molar-refractivity contribution in [3.05, 3.63) is 41.5 Å². The molecule has 3 N–H and O–H groups in total. The number of aromatic amines is 1. The van der Waals surface area contributed by atoms with E-state index in [0.29, 0.717) is 23.6 Å². The molecule has 6 nitrogen and oxygen atoms in total. The molecule has 0 atom stereocenters. The number of methoxy groups -OCH3 is 2. The lowest BCUT2D eigenvalue weighted by atomic mass is 10.1. The number of hydrogen-bond donors (Lipinski definition) is 2. The molecule has 0 aliphatic rings. The number of rotatable bonds is 4. The van der Waals surface area contributed by atoms with E-state index in [9.17, 15) is 0 Å². The molecule has 0 aliphatic carbocycles. The Balaban J connectivity index is 2.15. The zero-order valence-electron chi connectivity index (χ0n) is 11.9. The molecular formula is C15H16N4O2. The summed E-state index contributed by atoms with van der Waals surface area (Å²) >= 11 is 0. The van der Waals surface area contributed by atoms with Gasteiger partial charge in [-0.25, -0.2) is 0 Å². The average Bonchev–Trinajstić information content (AvgIpc) is 2.83. The van der Waals surface area contributed by atoms with Crippen molar-refractivity contribution >= 4 is 16.9 Å². The Hall–Kier alpha value is -2.76. The first-order valence-electron chi connectivity index (χ1n) is 6.53. The molecule has 0 unspecified atom stereocenters. The lowest BCUT2D eigenvalue weighted by Crippen LogP contribution is -1.97. The minimum atomic E-state index is 0.257. The van der Waals surface area contributed by atoms with Gasteiger partial charge in [0.15, 0.2) is 0 Å². The Morgan fingerprint density at radius 2 is 1.86 bits per heavy atom. The Labute approximate surface area is 121 Å². The van der Waals surface area contributed by atoms with Crippen LogP contribution in [0.2, 0.25) is 0 Å². The van der Waals surface area contributed by atoms with E-state index in [4.69, 9.17) is 15.2 Å². The molecule has 2 heterocycles. The van der Waals surface area contributed by atoms with Crippen molar-refractivity contribution in [2.75, 3.05) is 20.0 Å². The normalized spacial score (nSPS) is 10.8. The number of nitrogens with one attached hydrogen (secondary N) is 1. The van der Waals surface area contributed by atoms with Crippen LogP contribution in [0.15, 0.2) is 30.3 Å². The zero-order valence-corrected chi connectivity index (χ0v) is 11.9. The van der Waals surface area contributed by atoms with E-state index in [1.165, 1.54) is 7.11 Å². The molecule has 108 valence electrons. The van der Waals surface area contributed by atoms with Gasteiger partial charge in [-0.1, -0.05) is 30.3 Å². The fourth-order valence-corrected chi connectivity index (χ4v) is 2.31. The molecule has 0 radical (unpaired) electrons. The number of aromatic nitrogens is 3. The first-order chi connectivity index (χ1) is 10.2. The van der Waals surface area contributed by atoms with Gasteiger partial charge < -0.3 is 20.2 Å². The summed E-state index contributed by atoms with van der Waals surface area (Å²) in [7, 11) is 3.07. The highest BCUT2D eigenvalue weighted by molar-refractivity contribution is 5.88. The van der Waals surface area contributed by atoms with Gasteiger partial charge in [0, 0.05) is 12.0 Å². The molecule has 21 heavy (non-hydrogen) atoms. The minimum Gasteiger partial charge on any atom is -0.479 e. The maximum Gasteiger partial charge on any atom is 0.320 e. The van der Waals surface area contributed by atoms with Crippen LogP contribution in [-0.4, -0.2) is 29.2 Å². The first-order valence-corrected chi connectivity index (χ1v) is 6.53. The van der Waals surface area contributed by atoms with Gasteiger partial charge in [0.25, 0.3) is 0 Å². The summed E-state index contributed by atoms with van der Waals surface area (Å²) in [6, 6.07) is 10.3. The Morgan fingerprint density at radius 3 is 2.52 bits per heavy atom. The zero-order chi connectivity index (χ0) is 14.8. The maximum absolute atomic E-state index is 6.10. The van der Waals surface area contributed by atoms with E-state index in [1.54, 1.807) is 7.11 Å². The van der Waals surface area contributed by atoms with Crippen LogP contribution >= 0.6 is 0 Å². The molecule has 0 amide bonds. The van der Waals surface area contributed by atoms with Crippen molar-refractivity contribution in [1.29, 1.82) is 0 Å². The van der Waals surface area contributed by atoms with Crippen LogP contribution in [0, 0.1) is 0 Å². The molecule has 3 rings (SSSR count). The predicted octanol–water partition coefficient (Wildman–Crippen LogP) is 2.15. The number of H-pyrrole nitrogens is 1. The fourth-order valence-electron chi connectivity index (χ4n) is 2.31. The fraction of sp³-hybridized carbons (Fsp3) is 0.200. The number of ether oxygens (including phenoxy) is 2. The average molecular weight is 284 g/mol. The van der Waals surface area contributed by atoms with Crippen molar-refractivity contribution in [3.8, 4) is 11.9 Å². The van der Waals surface area contributed by atoms with Gasteiger partial charge in [-0.3, -0.25) is 0 Å². The van der Waals surface area contributed by atoms with Gasteiger partial charge in [-0.05, 0) is 5.56 Å². The molecule has 0 saturated carbocycles. The van der Waals surface area contributed by atoms with Crippen molar-refractivity contribution in [1.82, 2.24) is 15.0 Å². The van der Waals surface area contributed by atoms with Crippen LogP contribution in [0.1, 0.15) is 11.1 Å². The number of benzene rings is 1. The smallest absolute Gasteiger partial charge is 0.320 e. The van der Waals surface area contributed by atoms with Crippen molar-refractivity contribution in [2.24, 2.45) is 0 Å². The molecule has 2 aromatic heterocycles. The SMILES string of the molecule is COc1nc(OC)c2[nH]c(N)c(Cc3ccccc3)c2n1. The number of nitrogen functional groups attached to an aromatic ring is 1. The highest BCUT2D eigenvalue weighted by Crippen LogP contribution is 2.31. The summed E-state index contributed by atoms with van der Waals surface area (Å²) < 4.78 is 10.4. The molecule has 3 aromatic rings. The van der Waals surface area contributed by atoms with Crippen molar-refractivity contribution in [2.45, 2.75) is 6.42 Å². The molecule has 0 bridgehead atoms. The van der Waals surface area contributed by atoms with E-state index in [1.807, 2.05) is 30.3 Å². The topological polar surface area (TPSA) is 86.0 Å². The third-order valence-electron chi connectivity index (χ3n) is 3.33. The molecule has 0 fully saturated rings. The van der Waals surface area contributed by atoms with E-state index >= 15 is 0 Å². The third-order valence-corrected chi connectivity index (χ3v) is 3.33. The number of fused-ring (bicyclic) bond motifs is 1. The lowest BCUT2D eigenvalue weighted by Gasteiger charge is -2.04. The lowest BCUT2D eigenvalue weighted by molar-refractivity contribution is 0.356. The molecule has 0 aliphatic heterocycles. The summed E-state index contributed by atoms with van der Waals surface area (Å²) in [4.78, 5) is 11.6. The second-order valence-corrected chi connectivity index (χ2v) is 4.62. The number of anilines is 1. The number of hydrogen-bond acceptors (Lipinski definition) is 5. The highest BCUT2D eigenvalue weighted by atomic mass is 16.5. The number of nitrogens with two attached hydrogens (primary N) is 1. The van der Waals surface area contributed by atoms with Gasteiger partial charge in [0.05, 0.1) is 14.2 Å². The van der Waals surface area contributed by atoms with Gasteiger partial charge in [-0.15, -0.1) is 0 Å². The molecule has 0 saturated heterocycles. The van der Waals surface area contributed by atoms with Crippen LogP contribution in [0.25, 0.3) is 11.0 Å². The standard InChI is InChI=1S/C15H16N4O2/c1-20-14-12-11(18-15(19-14)21-2)10(13(16)17-12)8-9-6-4-3-5-7-9/h3-7,17H,8,16H2,1-2H3. The number of nitrogens with zero attached hydrogens (tertiary/aromatic N) is 2. The second kappa shape index (κ2) is 5.32. The quantitative estimate of drug-likeness (QED) is 0.766. The minimum absolute atomic E-state index is 0.257. The summed E-state index contributed by atoms with van der Waals surface area (Å²) in [5.41, 5.74) is 9.57. The van der Waals surface area contributed by atoms with Gasteiger partial charge in [-0.2, -0.15) is 9.97 Å². The van der Waals surface area contributed by atoms with Crippen molar-refractivity contribution in [3.63, 3.8) is 0 Å². The monoisotopic (exact) mass is 284 g/mol. The summed E-state index contributed by atoms with van der Waals surface area (Å²) in [5.74, 6) is 0.984. The van der Waals surface area contributed by atoms with E-state index in [2.05, 4.69) is 15.0 Å². The maximum atomic E-state index is 6.10. The first kappa shape index (κ1) is 13.2. The van der Waals surface area contributed by atoms with Gasteiger partial charge >= 0.3 is 6.01 Å². The highest BCUT2D eigenvalue weighted by Gasteiger charge is 2.17. The largest absolute Gasteiger partial charge is 0.479 e. The predicted molar refractivity (Wildman–Crippen MR) is 80.7 cm³/mol. The summed E-state index contributed by atoms with van der Waals surface area (Å²) in [5, 5.41) is 0. The Morgan fingerprint density at radius 1 is 1.10 bits per heavy atom. The Kier molecular flexibility index (Phi) is 3.35. The van der Waals surface area contributed by atoms with Gasteiger partial charge in [0.1, 0.15) is 16.9 Å². The van der Waals surface area contributed by atoms with Crippen LogP contribution in [0.4, 0.5) is 5.82 Å². The molecule has 1 aromatic carbocycles. The molecule has 0 spiro atoms. The third kappa shape index (κ3) is 2.35.